The third-order valence-electron chi connectivity index (χ3n) is 2.83. The van der Waals surface area contributed by atoms with E-state index in [1.165, 1.54) is 11.0 Å². The maximum atomic E-state index is 12.0. The van der Waals surface area contributed by atoms with Crippen LogP contribution in [0.4, 0.5) is 0 Å². The summed E-state index contributed by atoms with van der Waals surface area (Å²) in [5, 5.41) is 9.57. The van der Waals surface area contributed by atoms with Gasteiger partial charge in [-0.1, -0.05) is 13.8 Å². The van der Waals surface area contributed by atoms with Crippen molar-refractivity contribution in [3.8, 4) is 5.75 Å². The molecule has 90 valence electrons. The van der Waals surface area contributed by atoms with Crippen molar-refractivity contribution in [2.75, 3.05) is 6.54 Å². The number of aromatic hydroxyl groups is 1. The topological polar surface area (TPSA) is 57.6 Å². The summed E-state index contributed by atoms with van der Waals surface area (Å²) in [5.41, 5.74) is 1.31. The van der Waals surface area contributed by atoms with Gasteiger partial charge in [-0.25, -0.2) is 0 Å². The fraction of sp³-hybridized carbons (Fsp3) is 0.385. The molecule has 1 aromatic carbocycles. The predicted octanol–water partition coefficient (Wildman–Crippen LogP) is 1.95. The van der Waals surface area contributed by atoms with Crippen molar-refractivity contribution in [2.24, 2.45) is 5.92 Å². The van der Waals surface area contributed by atoms with Gasteiger partial charge in [0.2, 0.25) is 0 Å². The first kappa shape index (κ1) is 11.6. The van der Waals surface area contributed by atoms with Gasteiger partial charge in [-0.3, -0.25) is 14.5 Å². The molecule has 17 heavy (non-hydrogen) atoms. The Hall–Kier alpha value is -1.84. The number of rotatable bonds is 2. The van der Waals surface area contributed by atoms with Crippen LogP contribution in [0.25, 0.3) is 0 Å². The van der Waals surface area contributed by atoms with Gasteiger partial charge in [0, 0.05) is 6.54 Å². The van der Waals surface area contributed by atoms with Crippen molar-refractivity contribution in [3.05, 3.63) is 28.8 Å². The Bertz CT molecular complexity index is 465. The molecule has 4 heteroatoms. The van der Waals surface area contributed by atoms with Crippen molar-refractivity contribution >= 4 is 11.8 Å². The standard InChI is InChI=1S/C13H15NO3/c1-7(2)6-14-12(16)9-4-8(3)11(15)5-10(9)13(14)17/h4-5,7,15H,6H2,1-3H3. The molecular formula is C13H15NO3. The van der Waals surface area contributed by atoms with Crippen molar-refractivity contribution < 1.29 is 14.7 Å². The molecule has 0 unspecified atom stereocenters. The molecule has 0 aliphatic carbocycles. The normalized spacial score (nSPS) is 14.7. The Morgan fingerprint density at radius 3 is 2.24 bits per heavy atom. The molecule has 1 N–H and O–H groups in total. The van der Waals surface area contributed by atoms with E-state index in [0.29, 0.717) is 23.2 Å². The molecule has 2 rings (SSSR count). The SMILES string of the molecule is Cc1cc2c(cc1O)C(=O)N(CC(C)C)C2=O. The van der Waals surface area contributed by atoms with Crippen LogP contribution in [0.15, 0.2) is 12.1 Å². The molecule has 1 aromatic rings. The molecule has 1 aliphatic rings. The quantitative estimate of drug-likeness (QED) is 0.794. The van der Waals surface area contributed by atoms with Gasteiger partial charge in [-0.05, 0) is 30.5 Å². The summed E-state index contributed by atoms with van der Waals surface area (Å²) in [6.45, 7) is 6.02. The van der Waals surface area contributed by atoms with Gasteiger partial charge in [0.15, 0.2) is 0 Å². The molecule has 1 aliphatic heterocycles. The number of carbonyl (C=O) groups is 2. The number of imide groups is 1. The van der Waals surface area contributed by atoms with E-state index in [2.05, 4.69) is 0 Å². The zero-order valence-electron chi connectivity index (χ0n) is 10.2. The maximum Gasteiger partial charge on any atom is 0.261 e. The number of amides is 2. The van der Waals surface area contributed by atoms with E-state index in [4.69, 9.17) is 0 Å². The van der Waals surface area contributed by atoms with Gasteiger partial charge in [-0.2, -0.15) is 0 Å². The summed E-state index contributed by atoms with van der Waals surface area (Å²) < 4.78 is 0. The monoisotopic (exact) mass is 233 g/mol. The second-order valence-electron chi connectivity index (χ2n) is 4.80. The predicted molar refractivity (Wildman–Crippen MR) is 63.0 cm³/mol. The van der Waals surface area contributed by atoms with Crippen LogP contribution >= 0.6 is 0 Å². The average molecular weight is 233 g/mol. The number of nitrogens with zero attached hydrogens (tertiary/aromatic N) is 1. The molecule has 0 fully saturated rings. The van der Waals surface area contributed by atoms with Crippen LogP contribution < -0.4 is 0 Å². The fourth-order valence-corrected chi connectivity index (χ4v) is 1.96. The number of hydrogen-bond acceptors (Lipinski definition) is 3. The molecule has 0 radical (unpaired) electrons. The first-order valence-electron chi connectivity index (χ1n) is 5.61. The summed E-state index contributed by atoms with van der Waals surface area (Å²) in [5.74, 6) is -0.293. The highest BCUT2D eigenvalue weighted by Gasteiger charge is 2.36. The van der Waals surface area contributed by atoms with Gasteiger partial charge in [0.1, 0.15) is 5.75 Å². The number of phenolic OH excluding ortho intramolecular Hbond substituents is 1. The third kappa shape index (κ3) is 1.79. The van der Waals surface area contributed by atoms with Gasteiger partial charge in [-0.15, -0.1) is 0 Å². The van der Waals surface area contributed by atoms with Crippen LogP contribution in [0.2, 0.25) is 0 Å². The molecule has 0 aromatic heterocycles. The summed E-state index contributed by atoms with van der Waals surface area (Å²) >= 11 is 0. The minimum atomic E-state index is -0.311. The molecule has 2 amide bonds. The molecule has 0 saturated heterocycles. The lowest BCUT2D eigenvalue weighted by Gasteiger charge is -2.15. The van der Waals surface area contributed by atoms with Crippen LogP contribution in [0.5, 0.6) is 5.75 Å². The molecule has 0 spiro atoms. The summed E-state index contributed by atoms with van der Waals surface area (Å²) in [4.78, 5) is 25.3. The minimum absolute atomic E-state index is 0.0521. The molecular weight excluding hydrogens is 218 g/mol. The summed E-state index contributed by atoms with van der Waals surface area (Å²) in [6.07, 6.45) is 0. The van der Waals surface area contributed by atoms with Crippen molar-refractivity contribution in [1.29, 1.82) is 0 Å². The smallest absolute Gasteiger partial charge is 0.261 e. The van der Waals surface area contributed by atoms with E-state index < -0.39 is 0 Å². The number of phenols is 1. The second-order valence-corrected chi connectivity index (χ2v) is 4.80. The Kier molecular flexibility index (Phi) is 2.65. The van der Waals surface area contributed by atoms with Crippen molar-refractivity contribution in [2.45, 2.75) is 20.8 Å². The Morgan fingerprint density at radius 2 is 1.71 bits per heavy atom. The van der Waals surface area contributed by atoms with Crippen LogP contribution in [0.3, 0.4) is 0 Å². The van der Waals surface area contributed by atoms with E-state index in [0.717, 1.165) is 0 Å². The summed E-state index contributed by atoms with van der Waals surface area (Å²) in [7, 11) is 0. The van der Waals surface area contributed by atoms with Crippen LogP contribution in [0, 0.1) is 12.8 Å². The van der Waals surface area contributed by atoms with E-state index in [-0.39, 0.29) is 23.5 Å². The number of benzene rings is 1. The highest BCUT2D eigenvalue weighted by atomic mass is 16.3. The van der Waals surface area contributed by atoms with Crippen LogP contribution in [0.1, 0.15) is 40.1 Å². The van der Waals surface area contributed by atoms with Crippen LogP contribution in [-0.4, -0.2) is 28.4 Å². The van der Waals surface area contributed by atoms with E-state index >= 15 is 0 Å². The number of carbonyl (C=O) groups excluding carboxylic acids is 2. The molecule has 0 saturated carbocycles. The lowest BCUT2D eigenvalue weighted by molar-refractivity contribution is 0.0636. The first-order valence-corrected chi connectivity index (χ1v) is 5.61. The lowest BCUT2D eigenvalue weighted by Crippen LogP contribution is -2.33. The summed E-state index contributed by atoms with van der Waals surface area (Å²) in [6, 6.07) is 2.95. The first-order chi connectivity index (χ1) is 7.91. The third-order valence-corrected chi connectivity index (χ3v) is 2.83. The zero-order chi connectivity index (χ0) is 12.7. The number of fused-ring (bicyclic) bond motifs is 1. The minimum Gasteiger partial charge on any atom is -0.508 e. The number of hydrogen-bond donors (Lipinski definition) is 1. The van der Waals surface area contributed by atoms with Crippen molar-refractivity contribution in [3.63, 3.8) is 0 Å². The second kappa shape index (κ2) is 3.87. The Morgan fingerprint density at radius 1 is 1.18 bits per heavy atom. The molecule has 0 atom stereocenters. The Labute approximate surface area is 99.9 Å². The highest BCUT2D eigenvalue weighted by molar-refractivity contribution is 6.21. The maximum absolute atomic E-state index is 12.0. The zero-order valence-corrected chi connectivity index (χ0v) is 10.2. The highest BCUT2D eigenvalue weighted by Crippen LogP contribution is 2.29. The average Bonchev–Trinajstić information content (AvgIpc) is 2.45. The molecule has 0 bridgehead atoms. The van der Waals surface area contributed by atoms with Crippen LogP contribution in [-0.2, 0) is 0 Å². The van der Waals surface area contributed by atoms with Gasteiger partial charge in [0.05, 0.1) is 11.1 Å². The van der Waals surface area contributed by atoms with E-state index in [9.17, 15) is 14.7 Å². The largest absolute Gasteiger partial charge is 0.508 e. The molecule has 1 heterocycles. The van der Waals surface area contributed by atoms with Gasteiger partial charge in [0.25, 0.3) is 11.8 Å². The molecule has 4 nitrogen and oxygen atoms in total. The Balaban J connectivity index is 2.46. The van der Waals surface area contributed by atoms with E-state index in [1.807, 2.05) is 13.8 Å². The van der Waals surface area contributed by atoms with Gasteiger partial charge < -0.3 is 5.11 Å². The van der Waals surface area contributed by atoms with Gasteiger partial charge >= 0.3 is 0 Å². The van der Waals surface area contributed by atoms with Crippen molar-refractivity contribution in [1.82, 2.24) is 4.90 Å². The fourth-order valence-electron chi connectivity index (χ4n) is 1.96. The lowest BCUT2D eigenvalue weighted by atomic mass is 10.1. The number of aryl methyl sites for hydroxylation is 1. The van der Waals surface area contributed by atoms with E-state index in [1.54, 1.807) is 13.0 Å².